The fraction of sp³-hybridized carbons (Fsp3) is 0.364. The van der Waals surface area contributed by atoms with Gasteiger partial charge in [-0.1, -0.05) is 59.1 Å². The van der Waals surface area contributed by atoms with Crippen LogP contribution in [0.25, 0.3) is 0 Å². The maximum absolute atomic E-state index is 13.4. The molecule has 174 valence electrons. The van der Waals surface area contributed by atoms with E-state index < -0.39 is 28.5 Å². The van der Waals surface area contributed by atoms with E-state index in [0.717, 1.165) is 21.7 Å². The van der Waals surface area contributed by atoms with Gasteiger partial charge in [0, 0.05) is 13.1 Å². The lowest BCUT2D eigenvalue weighted by Crippen LogP contribution is -2.51. The van der Waals surface area contributed by atoms with Gasteiger partial charge in [0.1, 0.15) is 12.6 Å². The van der Waals surface area contributed by atoms with Crippen LogP contribution in [0, 0.1) is 6.92 Å². The molecule has 1 N–H and O–H groups in total. The molecule has 32 heavy (non-hydrogen) atoms. The van der Waals surface area contributed by atoms with Crippen LogP contribution in [-0.4, -0.2) is 50.5 Å². The third kappa shape index (κ3) is 6.60. The van der Waals surface area contributed by atoms with Crippen LogP contribution in [0.5, 0.6) is 0 Å². The maximum atomic E-state index is 13.4. The van der Waals surface area contributed by atoms with Gasteiger partial charge >= 0.3 is 0 Å². The van der Waals surface area contributed by atoms with Crippen molar-refractivity contribution < 1.29 is 18.0 Å². The number of benzene rings is 2. The largest absolute Gasteiger partial charge is 0.355 e. The minimum atomic E-state index is -3.88. The van der Waals surface area contributed by atoms with Crippen molar-refractivity contribution in [2.75, 3.05) is 23.7 Å². The minimum Gasteiger partial charge on any atom is -0.355 e. The van der Waals surface area contributed by atoms with Crippen molar-refractivity contribution in [3.8, 4) is 0 Å². The SMILES string of the molecule is CCNC(=O)C(C)N(Cc1ccc(C)cc1)C(=O)CN(c1cccc(Cl)c1Cl)S(C)(=O)=O. The summed E-state index contributed by atoms with van der Waals surface area (Å²) in [6, 6.07) is 11.3. The van der Waals surface area contributed by atoms with Gasteiger partial charge in [-0.25, -0.2) is 8.42 Å². The molecular formula is C22H27Cl2N3O4S. The number of likely N-dealkylation sites (N-methyl/N-ethyl adjacent to an activating group) is 1. The number of hydrogen-bond acceptors (Lipinski definition) is 4. The molecule has 0 aliphatic heterocycles. The number of hydrogen-bond donors (Lipinski definition) is 1. The number of aryl methyl sites for hydroxylation is 1. The lowest BCUT2D eigenvalue weighted by atomic mass is 10.1. The first-order valence-electron chi connectivity index (χ1n) is 10.00. The molecule has 2 aromatic carbocycles. The van der Waals surface area contributed by atoms with Gasteiger partial charge in [0.15, 0.2) is 0 Å². The predicted molar refractivity (Wildman–Crippen MR) is 129 cm³/mol. The molecule has 0 aromatic heterocycles. The van der Waals surface area contributed by atoms with Crippen molar-refractivity contribution in [1.29, 1.82) is 0 Å². The Labute approximate surface area is 199 Å². The van der Waals surface area contributed by atoms with E-state index in [4.69, 9.17) is 23.2 Å². The van der Waals surface area contributed by atoms with Crippen molar-refractivity contribution in [1.82, 2.24) is 10.2 Å². The second-order valence-corrected chi connectivity index (χ2v) is 10.1. The van der Waals surface area contributed by atoms with E-state index >= 15 is 0 Å². The van der Waals surface area contributed by atoms with E-state index in [-0.39, 0.29) is 28.2 Å². The summed E-state index contributed by atoms with van der Waals surface area (Å²) in [4.78, 5) is 27.2. The molecule has 2 amide bonds. The number of amides is 2. The quantitative estimate of drug-likeness (QED) is 0.570. The normalized spacial score (nSPS) is 12.2. The Hall–Kier alpha value is -2.29. The number of halogens is 2. The highest BCUT2D eigenvalue weighted by atomic mass is 35.5. The van der Waals surface area contributed by atoms with Crippen molar-refractivity contribution in [2.24, 2.45) is 0 Å². The first kappa shape index (κ1) is 26.0. The van der Waals surface area contributed by atoms with Gasteiger partial charge in [-0.15, -0.1) is 0 Å². The zero-order chi connectivity index (χ0) is 24.1. The number of sulfonamides is 1. The van der Waals surface area contributed by atoms with Gasteiger partial charge in [0.25, 0.3) is 0 Å². The van der Waals surface area contributed by atoms with Crippen molar-refractivity contribution in [3.63, 3.8) is 0 Å². The molecule has 0 heterocycles. The van der Waals surface area contributed by atoms with E-state index in [2.05, 4.69) is 5.32 Å². The molecule has 0 saturated carbocycles. The standard InChI is InChI=1S/C22H27Cl2N3O4S/c1-5-25-22(29)16(3)26(13-17-11-9-15(2)10-12-17)20(28)14-27(32(4,30)31)19-8-6-7-18(23)21(19)24/h6-12,16H,5,13-14H2,1-4H3,(H,25,29). The summed E-state index contributed by atoms with van der Waals surface area (Å²) in [6.45, 7) is 5.34. The molecule has 1 unspecified atom stereocenters. The summed E-state index contributed by atoms with van der Waals surface area (Å²) in [5, 5.41) is 2.89. The van der Waals surface area contributed by atoms with Gasteiger partial charge in [-0.2, -0.15) is 0 Å². The Kier molecular flexibility index (Phi) is 8.95. The summed E-state index contributed by atoms with van der Waals surface area (Å²) < 4.78 is 26.0. The minimum absolute atomic E-state index is 0.0225. The summed E-state index contributed by atoms with van der Waals surface area (Å²) in [5.41, 5.74) is 1.96. The molecular weight excluding hydrogens is 473 g/mol. The first-order chi connectivity index (χ1) is 15.0. The number of carbonyl (C=O) groups is 2. The van der Waals surface area contributed by atoms with E-state index in [9.17, 15) is 18.0 Å². The average molecular weight is 500 g/mol. The molecule has 7 nitrogen and oxygen atoms in total. The van der Waals surface area contributed by atoms with Crippen LogP contribution in [0.1, 0.15) is 25.0 Å². The summed E-state index contributed by atoms with van der Waals surface area (Å²) in [7, 11) is -3.88. The van der Waals surface area contributed by atoms with Crippen LogP contribution >= 0.6 is 23.2 Å². The maximum Gasteiger partial charge on any atom is 0.244 e. The second kappa shape index (κ2) is 11.0. The van der Waals surface area contributed by atoms with Gasteiger partial charge < -0.3 is 10.2 Å². The van der Waals surface area contributed by atoms with E-state index in [1.54, 1.807) is 19.9 Å². The Morgan fingerprint density at radius 1 is 1.09 bits per heavy atom. The Bertz CT molecular complexity index is 1080. The second-order valence-electron chi connectivity index (χ2n) is 7.42. The highest BCUT2D eigenvalue weighted by Gasteiger charge is 2.30. The topological polar surface area (TPSA) is 86.8 Å². The first-order valence-corrected chi connectivity index (χ1v) is 12.6. The third-order valence-electron chi connectivity index (χ3n) is 4.87. The van der Waals surface area contributed by atoms with Crippen molar-refractivity contribution in [2.45, 2.75) is 33.4 Å². The summed E-state index contributed by atoms with van der Waals surface area (Å²) in [5.74, 6) is -0.884. The van der Waals surface area contributed by atoms with Crippen molar-refractivity contribution >= 4 is 50.7 Å². The third-order valence-corrected chi connectivity index (χ3v) is 6.81. The van der Waals surface area contributed by atoms with Crippen molar-refractivity contribution in [3.05, 3.63) is 63.6 Å². The number of nitrogens with one attached hydrogen (secondary N) is 1. The number of carbonyl (C=O) groups excluding carboxylic acids is 2. The van der Waals surface area contributed by atoms with Gasteiger partial charge in [-0.3, -0.25) is 13.9 Å². The van der Waals surface area contributed by atoms with E-state index in [1.807, 2.05) is 31.2 Å². The zero-order valence-corrected chi connectivity index (χ0v) is 20.8. The Morgan fingerprint density at radius 3 is 2.28 bits per heavy atom. The van der Waals surface area contributed by atoms with Crippen LogP contribution in [0.4, 0.5) is 5.69 Å². The molecule has 0 bridgehead atoms. The van der Waals surface area contributed by atoms with E-state index in [1.165, 1.54) is 17.0 Å². The van der Waals surface area contributed by atoms with Gasteiger partial charge in [-0.05, 0) is 38.5 Å². The highest BCUT2D eigenvalue weighted by Crippen LogP contribution is 2.33. The van der Waals surface area contributed by atoms with Gasteiger partial charge in [0.2, 0.25) is 21.8 Å². The highest BCUT2D eigenvalue weighted by molar-refractivity contribution is 7.92. The lowest BCUT2D eigenvalue weighted by Gasteiger charge is -2.31. The summed E-state index contributed by atoms with van der Waals surface area (Å²) >= 11 is 12.3. The molecule has 0 spiro atoms. The van der Waals surface area contributed by atoms with Crippen LogP contribution in [0.2, 0.25) is 10.0 Å². The fourth-order valence-corrected chi connectivity index (χ4v) is 4.38. The summed E-state index contributed by atoms with van der Waals surface area (Å²) in [6.07, 6.45) is 0.981. The van der Waals surface area contributed by atoms with E-state index in [0.29, 0.717) is 6.54 Å². The Balaban J connectivity index is 2.42. The molecule has 0 aliphatic carbocycles. The molecule has 0 aliphatic rings. The molecule has 0 fully saturated rings. The Morgan fingerprint density at radius 2 is 1.72 bits per heavy atom. The van der Waals surface area contributed by atoms with Crippen LogP contribution in [-0.2, 0) is 26.2 Å². The smallest absolute Gasteiger partial charge is 0.244 e. The van der Waals surface area contributed by atoms with Crippen LogP contribution in [0.3, 0.4) is 0 Å². The molecule has 0 saturated heterocycles. The molecule has 2 aromatic rings. The number of rotatable bonds is 9. The lowest BCUT2D eigenvalue weighted by molar-refractivity contribution is -0.139. The van der Waals surface area contributed by atoms with Crippen LogP contribution in [0.15, 0.2) is 42.5 Å². The van der Waals surface area contributed by atoms with Gasteiger partial charge in [0.05, 0.1) is 22.0 Å². The number of nitrogens with zero attached hydrogens (tertiary/aromatic N) is 2. The molecule has 10 heteroatoms. The number of anilines is 1. The fourth-order valence-electron chi connectivity index (χ4n) is 3.07. The molecule has 2 rings (SSSR count). The molecule has 1 atom stereocenters. The average Bonchev–Trinajstić information content (AvgIpc) is 2.72. The molecule has 0 radical (unpaired) electrons. The monoisotopic (exact) mass is 499 g/mol. The predicted octanol–water partition coefficient (Wildman–Crippen LogP) is 3.62. The van der Waals surface area contributed by atoms with Crippen LogP contribution < -0.4 is 9.62 Å². The zero-order valence-electron chi connectivity index (χ0n) is 18.4.